The summed E-state index contributed by atoms with van der Waals surface area (Å²) in [6, 6.07) is 9.78. The van der Waals surface area contributed by atoms with Gasteiger partial charge in [0, 0.05) is 67.1 Å². The predicted molar refractivity (Wildman–Crippen MR) is 168 cm³/mol. The van der Waals surface area contributed by atoms with Crippen LogP contribution in [0.1, 0.15) is 51.0 Å². The number of pyridine rings is 2. The molecule has 1 spiro atoms. The first-order valence-electron chi connectivity index (χ1n) is 15.2. The average molecular weight is 656 g/mol. The van der Waals surface area contributed by atoms with Crippen molar-refractivity contribution in [3.8, 4) is 17.0 Å². The fourth-order valence-corrected chi connectivity index (χ4v) is 7.23. The maximum atomic E-state index is 14.1. The lowest BCUT2D eigenvalue weighted by Crippen LogP contribution is -2.73. The van der Waals surface area contributed by atoms with Gasteiger partial charge < -0.3 is 24.0 Å². The van der Waals surface area contributed by atoms with Crippen LogP contribution in [0.25, 0.3) is 22.2 Å². The molecule has 1 aromatic carbocycles. The summed E-state index contributed by atoms with van der Waals surface area (Å²) in [6.45, 7) is 7.77. The van der Waals surface area contributed by atoms with Crippen molar-refractivity contribution >= 4 is 46.0 Å². The van der Waals surface area contributed by atoms with Gasteiger partial charge in [-0.3, -0.25) is 0 Å². The Balaban J connectivity index is 1.14. The third-order valence-corrected chi connectivity index (χ3v) is 9.43. The summed E-state index contributed by atoms with van der Waals surface area (Å²) in [5, 5.41) is 5.97. The van der Waals surface area contributed by atoms with Crippen LogP contribution in [0.4, 0.5) is 15.0 Å². The molecular weight excluding hydrogens is 622 g/mol. The molecule has 0 N–H and O–H groups in total. The lowest BCUT2D eigenvalue weighted by molar-refractivity contribution is -0.0365. The van der Waals surface area contributed by atoms with E-state index in [0.717, 1.165) is 60.3 Å². The number of likely N-dealkylation sites (tertiary alicyclic amines) is 1. The van der Waals surface area contributed by atoms with Crippen molar-refractivity contribution in [1.82, 2.24) is 24.6 Å². The smallest absolute Gasteiger partial charge is 0.409 e. The van der Waals surface area contributed by atoms with E-state index in [-0.39, 0.29) is 27.8 Å². The van der Waals surface area contributed by atoms with Gasteiger partial charge in [-0.15, -0.1) is 0 Å². The molecule has 0 aliphatic carbocycles. The third-order valence-electron chi connectivity index (χ3n) is 8.77. The number of fused-ring (bicyclic) bond motifs is 1. The number of hydrogen-bond acceptors (Lipinski definition) is 8. The zero-order chi connectivity index (χ0) is 31.3. The molecule has 7 rings (SSSR count). The largest absolute Gasteiger partial charge is 0.486 e. The summed E-state index contributed by atoms with van der Waals surface area (Å²) in [5.74, 6) is 0.640. The maximum absolute atomic E-state index is 14.1. The Bertz CT molecular complexity index is 1730. The number of rotatable bonds is 7. The molecule has 3 aromatic heterocycles. The van der Waals surface area contributed by atoms with Gasteiger partial charge in [0.15, 0.2) is 6.23 Å². The maximum Gasteiger partial charge on any atom is 0.409 e. The highest BCUT2D eigenvalue weighted by Crippen LogP contribution is 2.42. The second-order valence-corrected chi connectivity index (χ2v) is 12.8. The Morgan fingerprint density at radius 3 is 2.67 bits per heavy atom. The molecule has 236 valence electrons. The van der Waals surface area contributed by atoms with Gasteiger partial charge in [0.05, 0.1) is 17.1 Å². The fraction of sp³-hybridized carbons (Fsp3) is 0.438. The number of carbonyl (C=O) groups excluding carboxylic acids is 1. The van der Waals surface area contributed by atoms with Crippen LogP contribution in [-0.4, -0.2) is 70.1 Å². The molecule has 10 nitrogen and oxygen atoms in total. The van der Waals surface area contributed by atoms with E-state index >= 15 is 0 Å². The Hall–Kier alpha value is -3.67. The first-order chi connectivity index (χ1) is 21.7. The zero-order valence-corrected chi connectivity index (χ0v) is 26.5. The lowest BCUT2D eigenvalue weighted by atomic mass is 9.73. The van der Waals surface area contributed by atoms with Gasteiger partial charge in [0.1, 0.15) is 28.4 Å². The quantitative estimate of drug-likeness (QED) is 0.196. The molecule has 3 aliphatic rings. The number of hydrogen-bond donors (Lipinski definition) is 0. The molecule has 0 saturated carbocycles. The topological polar surface area (TPSA) is 94.8 Å². The van der Waals surface area contributed by atoms with Crippen molar-refractivity contribution in [3.63, 3.8) is 0 Å². The fourth-order valence-electron chi connectivity index (χ4n) is 6.58. The number of amides is 1. The average Bonchev–Trinajstić information content (AvgIpc) is 3.38. The van der Waals surface area contributed by atoms with Crippen LogP contribution < -0.4 is 9.64 Å². The molecule has 1 amide bonds. The van der Waals surface area contributed by atoms with E-state index in [1.54, 1.807) is 11.8 Å². The van der Waals surface area contributed by atoms with Crippen molar-refractivity contribution in [3.05, 3.63) is 64.3 Å². The van der Waals surface area contributed by atoms with E-state index in [1.165, 1.54) is 6.20 Å². The number of benzene rings is 1. The standard InChI is InChI=1S/C32H33Cl2FN6O4/c1-3-43-31(42)40-17-32(18-40)15-39(16-32)25-10-7-20(13-36-25)29-22-12-21(45-19(2)27-23(33)14-37-30(35)28(27)34)8-9-24(22)41(38-29)26-6-4-5-11-44-26/h7-10,12-14,19,26H,3-6,11,15-18H2,1-2H3. The molecule has 6 heterocycles. The second kappa shape index (κ2) is 11.9. The first-order valence-corrected chi connectivity index (χ1v) is 15.9. The minimum Gasteiger partial charge on any atom is -0.486 e. The lowest BCUT2D eigenvalue weighted by Gasteiger charge is -2.59. The predicted octanol–water partition coefficient (Wildman–Crippen LogP) is 7.06. The van der Waals surface area contributed by atoms with Gasteiger partial charge in [-0.1, -0.05) is 23.2 Å². The SMILES string of the molecule is CCOC(=O)N1CC2(C1)CN(c1ccc(-c3nn(C4CCCCO4)c4ccc(OC(C)c5c(Cl)cnc(F)c5Cl)cc34)cn1)C2. The molecule has 2 atom stereocenters. The highest BCUT2D eigenvalue weighted by molar-refractivity contribution is 6.35. The van der Waals surface area contributed by atoms with E-state index in [9.17, 15) is 9.18 Å². The van der Waals surface area contributed by atoms with Crippen LogP contribution >= 0.6 is 23.2 Å². The third kappa shape index (κ3) is 5.55. The number of anilines is 1. The first kappa shape index (κ1) is 30.0. The normalized spacial score (nSPS) is 19.7. The number of aromatic nitrogens is 4. The van der Waals surface area contributed by atoms with Gasteiger partial charge >= 0.3 is 6.09 Å². The molecule has 0 bridgehead atoms. The van der Waals surface area contributed by atoms with Gasteiger partial charge in [0.2, 0.25) is 5.95 Å². The van der Waals surface area contributed by atoms with E-state index in [0.29, 0.717) is 37.6 Å². The number of ether oxygens (including phenoxy) is 3. The van der Waals surface area contributed by atoms with Crippen molar-refractivity contribution in [2.45, 2.75) is 45.4 Å². The van der Waals surface area contributed by atoms with Crippen LogP contribution in [-0.2, 0) is 9.47 Å². The van der Waals surface area contributed by atoms with Crippen LogP contribution in [0.3, 0.4) is 0 Å². The highest BCUT2D eigenvalue weighted by Gasteiger charge is 2.54. The monoisotopic (exact) mass is 654 g/mol. The summed E-state index contributed by atoms with van der Waals surface area (Å²) in [7, 11) is 0. The minimum absolute atomic E-state index is 0.117. The Morgan fingerprint density at radius 2 is 1.96 bits per heavy atom. The van der Waals surface area contributed by atoms with Crippen LogP contribution in [0.5, 0.6) is 5.75 Å². The van der Waals surface area contributed by atoms with E-state index in [1.807, 2.05) is 48.1 Å². The highest BCUT2D eigenvalue weighted by atomic mass is 35.5. The molecule has 2 unspecified atom stereocenters. The summed E-state index contributed by atoms with van der Waals surface area (Å²) < 4.78 is 33.5. The van der Waals surface area contributed by atoms with Crippen molar-refractivity contribution < 1.29 is 23.4 Å². The Labute approximate surface area is 270 Å². The van der Waals surface area contributed by atoms with Crippen molar-refractivity contribution in [1.29, 1.82) is 0 Å². The van der Waals surface area contributed by atoms with Gasteiger partial charge in [-0.25, -0.2) is 19.4 Å². The molecule has 3 aliphatic heterocycles. The Morgan fingerprint density at radius 1 is 1.13 bits per heavy atom. The Kier molecular flexibility index (Phi) is 7.95. The molecule has 3 saturated heterocycles. The molecular formula is C32H33Cl2FN6O4. The summed E-state index contributed by atoms with van der Waals surface area (Å²) in [6.07, 6.45) is 5.00. The summed E-state index contributed by atoms with van der Waals surface area (Å²) >= 11 is 12.5. The van der Waals surface area contributed by atoms with E-state index in [2.05, 4.69) is 9.88 Å². The van der Waals surface area contributed by atoms with Gasteiger partial charge in [-0.05, 0) is 63.4 Å². The van der Waals surface area contributed by atoms with Gasteiger partial charge in [-0.2, -0.15) is 9.49 Å². The van der Waals surface area contributed by atoms with Crippen LogP contribution in [0.2, 0.25) is 10.0 Å². The zero-order valence-electron chi connectivity index (χ0n) is 25.0. The van der Waals surface area contributed by atoms with Crippen LogP contribution in [0.15, 0.2) is 42.7 Å². The number of halogens is 3. The van der Waals surface area contributed by atoms with Gasteiger partial charge in [0.25, 0.3) is 0 Å². The van der Waals surface area contributed by atoms with E-state index in [4.69, 9.17) is 47.5 Å². The van der Waals surface area contributed by atoms with E-state index < -0.39 is 12.1 Å². The van der Waals surface area contributed by atoms with Crippen molar-refractivity contribution in [2.24, 2.45) is 5.41 Å². The molecule has 4 aromatic rings. The van der Waals surface area contributed by atoms with Crippen LogP contribution in [0, 0.1) is 11.4 Å². The number of nitrogens with zero attached hydrogens (tertiary/aromatic N) is 6. The van der Waals surface area contributed by atoms with Crippen molar-refractivity contribution in [2.75, 3.05) is 44.3 Å². The summed E-state index contributed by atoms with van der Waals surface area (Å²) in [5.41, 5.74) is 2.98. The minimum atomic E-state index is -0.798. The molecule has 45 heavy (non-hydrogen) atoms. The number of carbonyl (C=O) groups is 1. The molecule has 3 fully saturated rings. The summed E-state index contributed by atoms with van der Waals surface area (Å²) in [4.78, 5) is 24.3. The second-order valence-electron chi connectivity index (χ2n) is 12.0. The molecule has 13 heteroatoms. The molecule has 0 radical (unpaired) electrons.